The fraction of sp³-hybridized carbons (Fsp3) is 0.567. The lowest BCUT2D eigenvalue weighted by Crippen LogP contribution is -2.65. The Morgan fingerprint density at radius 1 is 1.14 bits per heavy atom. The number of carbonyl (C=O) groups is 3. The van der Waals surface area contributed by atoms with Crippen LogP contribution in [0.25, 0.3) is 5.76 Å². The molecule has 0 spiro atoms. The number of amides is 1. The number of ketones is 2. The van der Waals surface area contributed by atoms with Crippen LogP contribution in [0.2, 0.25) is 0 Å². The minimum Gasteiger partial charge on any atom is -0.508 e. The number of aromatic hydroxyl groups is 1. The molecule has 2 fully saturated rings. The van der Waals surface area contributed by atoms with Crippen molar-refractivity contribution in [3.05, 3.63) is 39.7 Å². The van der Waals surface area contributed by atoms with Gasteiger partial charge in [0.05, 0.1) is 11.6 Å². The van der Waals surface area contributed by atoms with E-state index in [1.165, 1.54) is 4.90 Å². The van der Waals surface area contributed by atoms with Crippen molar-refractivity contribution in [1.82, 2.24) is 10.2 Å². The van der Waals surface area contributed by atoms with Crippen LogP contribution in [0.5, 0.6) is 5.75 Å². The second kappa shape index (κ2) is 11.0. The summed E-state index contributed by atoms with van der Waals surface area (Å²) in [6.07, 6.45) is 2.19. The zero-order chi connectivity index (χ0) is 30.7. The predicted molar refractivity (Wildman–Crippen MR) is 154 cm³/mol. The van der Waals surface area contributed by atoms with E-state index >= 15 is 0 Å². The first-order valence-electron chi connectivity index (χ1n) is 14.3. The molecule has 12 heteroatoms. The molecule has 3 aliphatic carbocycles. The van der Waals surface area contributed by atoms with E-state index in [2.05, 4.69) is 5.32 Å². The van der Waals surface area contributed by atoms with Crippen molar-refractivity contribution in [3.8, 4) is 5.75 Å². The van der Waals surface area contributed by atoms with Crippen LogP contribution in [-0.4, -0.2) is 102 Å². The second-order valence-corrected chi connectivity index (χ2v) is 12.3. The summed E-state index contributed by atoms with van der Waals surface area (Å²) < 4.78 is 5.43. The largest absolute Gasteiger partial charge is 0.508 e. The third-order valence-corrected chi connectivity index (χ3v) is 9.35. The lowest BCUT2D eigenvalue weighted by molar-refractivity contribution is -0.153. The van der Waals surface area contributed by atoms with E-state index < -0.39 is 58.0 Å². The SMILES string of the molecule is CN(C)c1cc(CNCC2CCOCC2)c(O)c2c1CC1CC3C(N(C)C)C(=O)C(C(N)=O)=C(O)C3(O)C(=O)C1=C2O. The molecule has 1 aromatic rings. The third kappa shape index (κ3) is 4.57. The maximum Gasteiger partial charge on any atom is 0.255 e. The van der Waals surface area contributed by atoms with Gasteiger partial charge in [0, 0.05) is 56.6 Å². The number of benzene rings is 1. The molecular formula is C30H40N4O8. The van der Waals surface area contributed by atoms with Crippen molar-refractivity contribution in [2.75, 3.05) is 52.8 Å². The van der Waals surface area contributed by atoms with Gasteiger partial charge in [-0.15, -0.1) is 0 Å². The van der Waals surface area contributed by atoms with Crippen molar-refractivity contribution < 1.29 is 39.5 Å². The number of hydrogen-bond acceptors (Lipinski definition) is 11. The number of aliphatic hydroxyl groups excluding tert-OH is 2. The third-order valence-electron chi connectivity index (χ3n) is 9.35. The Morgan fingerprint density at radius 3 is 2.40 bits per heavy atom. The predicted octanol–water partition coefficient (Wildman–Crippen LogP) is 0.546. The molecule has 0 bridgehead atoms. The van der Waals surface area contributed by atoms with E-state index in [-0.39, 0.29) is 29.7 Å². The highest BCUT2D eigenvalue weighted by Gasteiger charge is 2.64. The molecule has 1 saturated carbocycles. The molecule has 12 nitrogen and oxygen atoms in total. The molecule has 0 aromatic heterocycles. The topological polar surface area (TPSA) is 186 Å². The zero-order valence-electron chi connectivity index (χ0n) is 24.4. The number of primary amides is 1. The molecular weight excluding hydrogens is 544 g/mol. The summed E-state index contributed by atoms with van der Waals surface area (Å²) in [6, 6.07) is 0.749. The maximum absolute atomic E-state index is 14.1. The van der Waals surface area contributed by atoms with E-state index in [0.29, 0.717) is 23.6 Å². The molecule has 5 rings (SSSR count). The molecule has 4 aliphatic rings. The van der Waals surface area contributed by atoms with Crippen LogP contribution in [0.3, 0.4) is 0 Å². The Kier molecular flexibility index (Phi) is 7.86. The quantitative estimate of drug-likeness (QED) is 0.246. The lowest BCUT2D eigenvalue weighted by Gasteiger charge is -2.50. The van der Waals surface area contributed by atoms with E-state index in [9.17, 15) is 34.8 Å². The van der Waals surface area contributed by atoms with Crippen molar-refractivity contribution in [2.24, 2.45) is 23.5 Å². The highest BCUT2D eigenvalue weighted by atomic mass is 16.5. The Labute approximate surface area is 244 Å². The van der Waals surface area contributed by atoms with Gasteiger partial charge in [0.2, 0.25) is 5.78 Å². The number of likely N-dealkylation sites (N-methyl/N-ethyl adjacent to an activating group) is 1. The molecule has 228 valence electrons. The first-order chi connectivity index (χ1) is 19.8. The number of ether oxygens (including phenoxy) is 1. The van der Waals surface area contributed by atoms with Crippen LogP contribution in [0.1, 0.15) is 36.0 Å². The van der Waals surface area contributed by atoms with E-state index in [1.807, 2.05) is 25.1 Å². The number of carbonyl (C=O) groups excluding carboxylic acids is 3. The Balaban J connectivity index is 1.60. The number of nitrogens with one attached hydrogen (secondary N) is 1. The smallest absolute Gasteiger partial charge is 0.255 e. The van der Waals surface area contributed by atoms with Gasteiger partial charge in [-0.1, -0.05) is 0 Å². The number of rotatable bonds is 7. The van der Waals surface area contributed by atoms with Gasteiger partial charge < -0.3 is 41.1 Å². The Hall–Kier alpha value is -3.45. The number of nitrogens with two attached hydrogens (primary N) is 1. The summed E-state index contributed by atoms with van der Waals surface area (Å²) >= 11 is 0. The van der Waals surface area contributed by atoms with Crippen LogP contribution in [0.4, 0.5) is 5.69 Å². The highest BCUT2D eigenvalue weighted by molar-refractivity contribution is 6.24. The molecule has 42 heavy (non-hydrogen) atoms. The minimum absolute atomic E-state index is 0.0494. The lowest BCUT2D eigenvalue weighted by atomic mass is 9.57. The molecule has 1 aromatic carbocycles. The van der Waals surface area contributed by atoms with Gasteiger partial charge >= 0.3 is 0 Å². The number of nitrogens with zero attached hydrogens (tertiary/aromatic N) is 2. The average Bonchev–Trinajstić information content (AvgIpc) is 2.92. The molecule has 1 aliphatic heterocycles. The fourth-order valence-corrected chi connectivity index (χ4v) is 7.24. The summed E-state index contributed by atoms with van der Waals surface area (Å²) in [5, 5.41) is 49.3. The number of anilines is 1. The average molecular weight is 585 g/mol. The number of fused-ring (bicyclic) bond motifs is 3. The van der Waals surface area contributed by atoms with Crippen molar-refractivity contribution in [1.29, 1.82) is 0 Å². The first-order valence-corrected chi connectivity index (χ1v) is 14.3. The van der Waals surface area contributed by atoms with Crippen LogP contribution in [0, 0.1) is 17.8 Å². The summed E-state index contributed by atoms with van der Waals surface area (Å²) in [6.45, 7) is 2.50. The van der Waals surface area contributed by atoms with Gasteiger partial charge in [0.25, 0.3) is 5.91 Å². The summed E-state index contributed by atoms with van der Waals surface area (Å²) in [5.74, 6) is -6.09. The molecule has 4 atom stereocenters. The number of hydrogen-bond donors (Lipinski definition) is 6. The molecule has 7 N–H and O–H groups in total. The van der Waals surface area contributed by atoms with Crippen LogP contribution in [-0.2, 0) is 32.1 Å². The first kappa shape index (κ1) is 30.0. The number of phenolic OH excluding ortho intramolecular Hbond substituents is 1. The standard InChI is InChI=1S/C30H40N4O8/c1-33(2)19-11-16(13-32-12-14-5-7-42-8-6-14)24(35)21-17(19)9-15-10-18-23(34(3)4)26(37)22(29(31)40)28(39)30(18,41)27(38)20(15)25(21)36/h11,14-15,18,23,32,35-36,39,41H,5-10,12-13H2,1-4H3,(H2,31,40). The Morgan fingerprint density at radius 2 is 1.81 bits per heavy atom. The van der Waals surface area contributed by atoms with E-state index in [4.69, 9.17) is 10.5 Å². The van der Waals surface area contributed by atoms with Gasteiger partial charge in [-0.3, -0.25) is 19.3 Å². The van der Waals surface area contributed by atoms with Gasteiger partial charge in [-0.2, -0.15) is 0 Å². The van der Waals surface area contributed by atoms with E-state index in [1.54, 1.807) is 14.1 Å². The zero-order valence-corrected chi connectivity index (χ0v) is 24.4. The Bertz CT molecular complexity index is 1390. The summed E-state index contributed by atoms with van der Waals surface area (Å²) in [4.78, 5) is 42.9. The fourth-order valence-electron chi connectivity index (χ4n) is 7.24. The number of aliphatic hydroxyl groups is 3. The van der Waals surface area contributed by atoms with Crippen molar-refractivity contribution in [2.45, 2.75) is 43.9 Å². The summed E-state index contributed by atoms with van der Waals surface area (Å²) in [5.41, 5.74) is 3.78. The molecule has 4 unspecified atom stereocenters. The van der Waals surface area contributed by atoms with Crippen LogP contribution >= 0.6 is 0 Å². The van der Waals surface area contributed by atoms with E-state index in [0.717, 1.165) is 38.3 Å². The van der Waals surface area contributed by atoms with Crippen molar-refractivity contribution >= 4 is 28.9 Å². The monoisotopic (exact) mass is 584 g/mol. The summed E-state index contributed by atoms with van der Waals surface area (Å²) in [7, 11) is 6.85. The van der Waals surface area contributed by atoms with Crippen LogP contribution < -0.4 is 16.0 Å². The number of phenols is 1. The maximum atomic E-state index is 14.1. The van der Waals surface area contributed by atoms with Gasteiger partial charge in [0.1, 0.15) is 22.8 Å². The van der Waals surface area contributed by atoms with Gasteiger partial charge in [0.15, 0.2) is 11.4 Å². The normalized spacial score (nSPS) is 28.1. The number of Topliss-reactive ketones (excluding diaryl/α,β-unsaturated/α-hetero) is 2. The van der Waals surface area contributed by atoms with Crippen LogP contribution in [0.15, 0.2) is 23.0 Å². The molecule has 1 saturated heterocycles. The molecule has 1 heterocycles. The molecule has 0 radical (unpaired) electrons. The second-order valence-electron chi connectivity index (χ2n) is 12.3. The minimum atomic E-state index is -2.66. The van der Waals surface area contributed by atoms with Crippen molar-refractivity contribution in [3.63, 3.8) is 0 Å². The molecule has 1 amide bonds. The van der Waals surface area contributed by atoms with Gasteiger partial charge in [-0.05, 0) is 69.8 Å². The highest BCUT2D eigenvalue weighted by Crippen LogP contribution is 2.54. The van der Waals surface area contributed by atoms with Gasteiger partial charge in [-0.25, -0.2) is 0 Å².